The minimum absolute atomic E-state index is 0.0247. The molecule has 0 heterocycles. The van der Waals surface area contributed by atoms with Crippen molar-refractivity contribution >= 4 is 21.5 Å². The van der Waals surface area contributed by atoms with E-state index in [0.29, 0.717) is 33.0 Å². The van der Waals surface area contributed by atoms with Crippen LogP contribution in [0.25, 0.3) is 21.5 Å². The third kappa shape index (κ3) is 2.33. The highest BCUT2D eigenvalue weighted by Gasteiger charge is 2.15. The number of phenols is 4. The number of hydrogen-bond acceptors (Lipinski definition) is 5. The van der Waals surface area contributed by atoms with Crippen LogP contribution in [-0.4, -0.2) is 20.4 Å². The first-order valence-corrected chi connectivity index (χ1v) is 7.61. The predicted octanol–water partition coefficient (Wildman–Crippen LogP) is 4.61. The summed E-state index contributed by atoms with van der Waals surface area (Å²) < 4.78 is 5.93. The summed E-state index contributed by atoms with van der Waals surface area (Å²) in [7, 11) is 0. The van der Waals surface area contributed by atoms with Crippen molar-refractivity contribution < 1.29 is 25.2 Å². The maximum absolute atomic E-state index is 10.2. The molecule has 0 aliphatic heterocycles. The minimum atomic E-state index is -0.0318. The molecule has 0 atom stereocenters. The van der Waals surface area contributed by atoms with Gasteiger partial charge in [-0.2, -0.15) is 0 Å². The fourth-order valence-electron chi connectivity index (χ4n) is 2.97. The molecule has 4 N–H and O–H groups in total. The molecular weight excluding hydrogens is 320 g/mol. The third-order valence-electron chi connectivity index (χ3n) is 4.13. The SMILES string of the molecule is Oc1ccc(Oc2ccc(O)c3cccc(O)c23)c2c(O)cccc12. The van der Waals surface area contributed by atoms with Crippen LogP contribution < -0.4 is 4.74 Å². The smallest absolute Gasteiger partial charge is 0.139 e. The third-order valence-corrected chi connectivity index (χ3v) is 4.13. The summed E-state index contributed by atoms with van der Waals surface area (Å²) in [6, 6.07) is 15.6. The standard InChI is InChI=1S/C20H14O5/c21-13-7-9-17(19-11(13)3-1-5-15(19)23)25-18-10-8-14(22)12-4-2-6-16(24)20(12)18/h1-10,21-24H. The second kappa shape index (κ2) is 5.49. The first-order valence-electron chi connectivity index (χ1n) is 7.61. The number of phenolic OH excluding ortho intramolecular Hbond substituents is 4. The molecule has 124 valence electrons. The average Bonchev–Trinajstić information content (AvgIpc) is 2.60. The molecule has 4 aromatic carbocycles. The fourth-order valence-corrected chi connectivity index (χ4v) is 2.97. The summed E-state index contributed by atoms with van der Waals surface area (Å²) in [6.45, 7) is 0. The Morgan fingerprint density at radius 2 is 0.920 bits per heavy atom. The summed E-state index contributed by atoms with van der Waals surface area (Å²) in [6.07, 6.45) is 0. The Kier molecular flexibility index (Phi) is 3.28. The monoisotopic (exact) mass is 334 g/mol. The second-order valence-corrected chi connectivity index (χ2v) is 5.67. The van der Waals surface area contributed by atoms with Crippen molar-refractivity contribution in [1.29, 1.82) is 0 Å². The average molecular weight is 334 g/mol. The molecule has 0 saturated heterocycles. The highest BCUT2D eigenvalue weighted by Crippen LogP contribution is 2.44. The fraction of sp³-hybridized carbons (Fsp3) is 0. The van der Waals surface area contributed by atoms with Crippen LogP contribution in [0.4, 0.5) is 0 Å². The van der Waals surface area contributed by atoms with E-state index in [2.05, 4.69) is 0 Å². The normalized spacial score (nSPS) is 11.0. The van der Waals surface area contributed by atoms with Crippen molar-refractivity contribution in [3.05, 3.63) is 60.7 Å². The summed E-state index contributed by atoms with van der Waals surface area (Å²) in [4.78, 5) is 0. The maximum atomic E-state index is 10.2. The van der Waals surface area contributed by atoms with Crippen molar-refractivity contribution in [2.75, 3.05) is 0 Å². The van der Waals surface area contributed by atoms with E-state index in [0.717, 1.165) is 0 Å². The van der Waals surface area contributed by atoms with Gasteiger partial charge in [0, 0.05) is 10.8 Å². The lowest BCUT2D eigenvalue weighted by molar-refractivity contribution is 0.455. The zero-order valence-corrected chi connectivity index (χ0v) is 13.0. The lowest BCUT2D eigenvalue weighted by Gasteiger charge is -2.14. The molecule has 0 aliphatic rings. The van der Waals surface area contributed by atoms with Gasteiger partial charge in [-0.15, -0.1) is 0 Å². The van der Waals surface area contributed by atoms with Gasteiger partial charge in [-0.05, 0) is 36.4 Å². The number of benzene rings is 4. The van der Waals surface area contributed by atoms with Crippen LogP contribution in [0, 0.1) is 0 Å². The van der Waals surface area contributed by atoms with Crippen LogP contribution in [0.15, 0.2) is 60.7 Å². The number of hydrogen-bond donors (Lipinski definition) is 4. The van der Waals surface area contributed by atoms with Crippen LogP contribution in [-0.2, 0) is 0 Å². The maximum Gasteiger partial charge on any atom is 0.139 e. The Labute approximate surface area is 142 Å². The van der Waals surface area contributed by atoms with E-state index in [1.165, 1.54) is 36.4 Å². The molecule has 25 heavy (non-hydrogen) atoms. The van der Waals surface area contributed by atoms with Gasteiger partial charge in [0.2, 0.25) is 0 Å². The molecule has 4 aromatic rings. The van der Waals surface area contributed by atoms with E-state index in [-0.39, 0.29) is 23.0 Å². The summed E-state index contributed by atoms with van der Waals surface area (Å²) >= 11 is 0. The zero-order chi connectivity index (χ0) is 17.6. The molecule has 0 spiro atoms. The van der Waals surface area contributed by atoms with E-state index < -0.39 is 0 Å². The van der Waals surface area contributed by atoms with E-state index in [1.54, 1.807) is 24.3 Å². The Morgan fingerprint density at radius 1 is 0.480 bits per heavy atom. The molecule has 0 fully saturated rings. The van der Waals surface area contributed by atoms with Gasteiger partial charge in [-0.25, -0.2) is 0 Å². The molecule has 5 nitrogen and oxygen atoms in total. The molecule has 5 heteroatoms. The van der Waals surface area contributed by atoms with E-state index in [4.69, 9.17) is 4.74 Å². The first kappa shape index (κ1) is 15.0. The summed E-state index contributed by atoms with van der Waals surface area (Å²) in [5, 5.41) is 42.0. The van der Waals surface area contributed by atoms with Gasteiger partial charge in [0.25, 0.3) is 0 Å². The van der Waals surface area contributed by atoms with Crippen LogP contribution in [0.1, 0.15) is 0 Å². The largest absolute Gasteiger partial charge is 0.507 e. The van der Waals surface area contributed by atoms with Crippen molar-refractivity contribution in [3.63, 3.8) is 0 Å². The molecule has 0 saturated carbocycles. The Hall–Kier alpha value is -3.60. The van der Waals surface area contributed by atoms with Gasteiger partial charge in [0.05, 0.1) is 10.8 Å². The first-order chi connectivity index (χ1) is 12.1. The van der Waals surface area contributed by atoms with Gasteiger partial charge in [-0.3, -0.25) is 0 Å². The molecule has 0 aromatic heterocycles. The predicted molar refractivity (Wildman–Crippen MR) is 94.6 cm³/mol. The lowest BCUT2D eigenvalue weighted by Crippen LogP contribution is -1.89. The van der Waals surface area contributed by atoms with E-state index in [9.17, 15) is 20.4 Å². The van der Waals surface area contributed by atoms with Crippen molar-refractivity contribution in [2.45, 2.75) is 0 Å². The van der Waals surface area contributed by atoms with Gasteiger partial charge < -0.3 is 25.2 Å². The number of ether oxygens (including phenoxy) is 1. The lowest BCUT2D eigenvalue weighted by atomic mass is 10.1. The van der Waals surface area contributed by atoms with Crippen LogP contribution in [0.5, 0.6) is 34.5 Å². The van der Waals surface area contributed by atoms with Crippen LogP contribution in [0.2, 0.25) is 0 Å². The summed E-state index contributed by atoms with van der Waals surface area (Å²) in [5.74, 6) is 0.627. The number of rotatable bonds is 2. The molecule has 0 bridgehead atoms. The van der Waals surface area contributed by atoms with Crippen LogP contribution in [0.3, 0.4) is 0 Å². The van der Waals surface area contributed by atoms with Crippen LogP contribution >= 0.6 is 0 Å². The quantitative estimate of drug-likeness (QED) is 0.430. The topological polar surface area (TPSA) is 90.2 Å². The molecule has 0 unspecified atom stereocenters. The van der Waals surface area contributed by atoms with Crippen molar-refractivity contribution in [2.24, 2.45) is 0 Å². The second-order valence-electron chi connectivity index (χ2n) is 5.67. The Bertz CT molecular complexity index is 1030. The van der Waals surface area contributed by atoms with Crippen molar-refractivity contribution in [3.8, 4) is 34.5 Å². The van der Waals surface area contributed by atoms with Gasteiger partial charge >= 0.3 is 0 Å². The molecule has 4 rings (SSSR count). The van der Waals surface area contributed by atoms with Gasteiger partial charge in [0.15, 0.2) is 0 Å². The van der Waals surface area contributed by atoms with Crippen molar-refractivity contribution in [1.82, 2.24) is 0 Å². The summed E-state index contributed by atoms with van der Waals surface area (Å²) in [5.41, 5.74) is 0. The number of aromatic hydroxyl groups is 4. The Balaban J connectivity index is 1.96. The van der Waals surface area contributed by atoms with Gasteiger partial charge in [0.1, 0.15) is 34.5 Å². The number of fused-ring (bicyclic) bond motifs is 2. The Morgan fingerprint density at radius 3 is 1.36 bits per heavy atom. The molecule has 0 amide bonds. The highest BCUT2D eigenvalue weighted by molar-refractivity contribution is 6.00. The molecule has 0 radical (unpaired) electrons. The minimum Gasteiger partial charge on any atom is -0.507 e. The van der Waals surface area contributed by atoms with E-state index >= 15 is 0 Å². The highest BCUT2D eigenvalue weighted by atomic mass is 16.5. The zero-order valence-electron chi connectivity index (χ0n) is 13.0. The van der Waals surface area contributed by atoms with Gasteiger partial charge in [-0.1, -0.05) is 24.3 Å². The van der Waals surface area contributed by atoms with E-state index in [1.807, 2.05) is 0 Å². The molecule has 0 aliphatic carbocycles. The molecular formula is C20H14O5.